The lowest BCUT2D eigenvalue weighted by molar-refractivity contribution is 0.597. The Kier molecular flexibility index (Phi) is 4.68. The van der Waals surface area contributed by atoms with Crippen LogP contribution in [0.15, 0.2) is 60.7 Å². The van der Waals surface area contributed by atoms with E-state index in [1.54, 1.807) is 6.07 Å². The zero-order chi connectivity index (χ0) is 17.9. The second-order valence-electron chi connectivity index (χ2n) is 5.89. The van der Waals surface area contributed by atoms with Crippen molar-refractivity contribution in [1.82, 2.24) is 4.98 Å². The topological polar surface area (TPSA) is 82.8 Å². The fourth-order valence-corrected chi connectivity index (χ4v) is 3.57. The molecule has 0 saturated heterocycles. The summed E-state index contributed by atoms with van der Waals surface area (Å²) in [6, 6.07) is 20.2. The van der Waals surface area contributed by atoms with E-state index in [0.29, 0.717) is 11.4 Å². The summed E-state index contributed by atoms with van der Waals surface area (Å²) >= 11 is 0. The van der Waals surface area contributed by atoms with Gasteiger partial charge in [0.25, 0.3) is 0 Å². The minimum atomic E-state index is -3.23. The van der Waals surface area contributed by atoms with Crippen LogP contribution in [0, 0.1) is 11.3 Å². The first-order chi connectivity index (χ1) is 12.0. The van der Waals surface area contributed by atoms with Crippen molar-refractivity contribution >= 4 is 26.6 Å². The van der Waals surface area contributed by atoms with Crippen LogP contribution in [0.25, 0.3) is 10.9 Å². The van der Waals surface area contributed by atoms with Gasteiger partial charge in [0, 0.05) is 11.6 Å². The van der Waals surface area contributed by atoms with Crippen LogP contribution in [0.5, 0.6) is 0 Å². The van der Waals surface area contributed by atoms with Crippen molar-refractivity contribution in [3.05, 3.63) is 71.8 Å². The fraction of sp³-hybridized carbons (Fsp3) is 0.158. The molecule has 0 fully saturated rings. The molecule has 0 aliphatic carbocycles. The van der Waals surface area contributed by atoms with Crippen molar-refractivity contribution in [2.45, 2.75) is 6.04 Å². The summed E-state index contributed by atoms with van der Waals surface area (Å²) in [5, 5.41) is 13.5. The third kappa shape index (κ3) is 4.14. The van der Waals surface area contributed by atoms with E-state index >= 15 is 0 Å². The normalized spacial score (nSPS) is 12.5. The Bertz CT molecular complexity index is 1040. The van der Waals surface area contributed by atoms with E-state index in [-0.39, 0.29) is 5.75 Å². The standard InChI is InChI=1S/C19H17N3O2S/c1-25(23,24)13-18(14-7-3-2-4-8-14)22-19-16(12-20)11-15-9-5-6-10-17(15)21-19/h2-11,18H,13H2,1H3,(H,21,22)/t18-/m1/s1. The van der Waals surface area contributed by atoms with E-state index in [4.69, 9.17) is 0 Å². The molecule has 0 aliphatic heterocycles. The molecule has 0 spiro atoms. The number of nitrogens with one attached hydrogen (secondary N) is 1. The quantitative estimate of drug-likeness (QED) is 0.762. The van der Waals surface area contributed by atoms with Crippen LogP contribution in [0.4, 0.5) is 5.82 Å². The van der Waals surface area contributed by atoms with Crippen LogP contribution in [-0.2, 0) is 9.84 Å². The van der Waals surface area contributed by atoms with Gasteiger partial charge >= 0.3 is 0 Å². The summed E-state index contributed by atoms with van der Waals surface area (Å²) in [6.07, 6.45) is 1.20. The number of fused-ring (bicyclic) bond motifs is 1. The van der Waals surface area contributed by atoms with Crippen molar-refractivity contribution in [2.75, 3.05) is 17.3 Å². The number of benzene rings is 2. The number of sulfone groups is 1. The monoisotopic (exact) mass is 351 g/mol. The second kappa shape index (κ2) is 6.91. The molecule has 0 unspecified atom stereocenters. The molecule has 1 N–H and O–H groups in total. The molecule has 0 saturated carbocycles. The maximum atomic E-state index is 11.8. The van der Waals surface area contributed by atoms with E-state index in [2.05, 4.69) is 16.4 Å². The lowest BCUT2D eigenvalue weighted by Gasteiger charge is -2.20. The number of para-hydroxylation sites is 1. The van der Waals surface area contributed by atoms with E-state index in [0.717, 1.165) is 16.5 Å². The SMILES string of the molecule is CS(=O)(=O)C[C@@H](Nc1nc2ccccc2cc1C#N)c1ccccc1. The number of nitriles is 1. The van der Waals surface area contributed by atoms with Crippen LogP contribution < -0.4 is 5.32 Å². The Morgan fingerprint density at radius 3 is 2.48 bits per heavy atom. The van der Waals surface area contributed by atoms with Crippen molar-refractivity contribution in [1.29, 1.82) is 5.26 Å². The number of hydrogen-bond acceptors (Lipinski definition) is 5. The maximum Gasteiger partial charge on any atom is 0.149 e. The molecule has 2 aromatic carbocycles. The van der Waals surface area contributed by atoms with Gasteiger partial charge in [0.15, 0.2) is 0 Å². The largest absolute Gasteiger partial charge is 0.361 e. The van der Waals surface area contributed by atoms with Gasteiger partial charge in [-0.05, 0) is 17.7 Å². The molecule has 1 aromatic heterocycles. The molecule has 0 bridgehead atoms. The average molecular weight is 351 g/mol. The first kappa shape index (κ1) is 16.9. The molecule has 3 aromatic rings. The van der Waals surface area contributed by atoms with Gasteiger partial charge in [-0.15, -0.1) is 0 Å². The average Bonchev–Trinajstić information content (AvgIpc) is 2.60. The highest BCUT2D eigenvalue weighted by atomic mass is 32.2. The van der Waals surface area contributed by atoms with E-state index < -0.39 is 15.9 Å². The third-order valence-corrected chi connectivity index (χ3v) is 4.77. The number of pyridine rings is 1. The lowest BCUT2D eigenvalue weighted by atomic mass is 10.1. The fourth-order valence-electron chi connectivity index (χ4n) is 2.69. The summed E-state index contributed by atoms with van der Waals surface area (Å²) in [5.74, 6) is 0.301. The molecule has 1 heterocycles. The number of hydrogen-bond donors (Lipinski definition) is 1. The predicted molar refractivity (Wildman–Crippen MR) is 99.0 cm³/mol. The van der Waals surface area contributed by atoms with Crippen LogP contribution in [0.3, 0.4) is 0 Å². The Balaban J connectivity index is 2.04. The summed E-state index contributed by atoms with van der Waals surface area (Å²) in [7, 11) is -3.23. The van der Waals surface area contributed by atoms with Gasteiger partial charge in [-0.1, -0.05) is 48.5 Å². The van der Waals surface area contributed by atoms with E-state index in [9.17, 15) is 13.7 Å². The van der Waals surface area contributed by atoms with Crippen molar-refractivity contribution in [2.24, 2.45) is 0 Å². The van der Waals surface area contributed by atoms with Crippen LogP contribution >= 0.6 is 0 Å². The molecule has 1 atom stereocenters. The lowest BCUT2D eigenvalue weighted by Crippen LogP contribution is -2.21. The minimum Gasteiger partial charge on any atom is -0.361 e. The summed E-state index contributed by atoms with van der Waals surface area (Å²) in [5.41, 5.74) is 1.95. The first-order valence-corrected chi connectivity index (χ1v) is 9.81. The maximum absolute atomic E-state index is 11.8. The minimum absolute atomic E-state index is 0.0869. The summed E-state index contributed by atoms with van der Waals surface area (Å²) in [4.78, 5) is 4.51. The third-order valence-electron chi connectivity index (χ3n) is 3.83. The zero-order valence-corrected chi connectivity index (χ0v) is 14.5. The molecule has 6 heteroatoms. The summed E-state index contributed by atoms with van der Waals surface area (Å²) in [6.45, 7) is 0. The molecule has 0 radical (unpaired) electrons. The smallest absolute Gasteiger partial charge is 0.149 e. The van der Waals surface area contributed by atoms with Crippen molar-refractivity contribution in [3.63, 3.8) is 0 Å². The second-order valence-corrected chi connectivity index (χ2v) is 8.07. The Hall–Kier alpha value is -2.91. The van der Waals surface area contributed by atoms with Gasteiger partial charge in [0.1, 0.15) is 21.7 Å². The molecule has 25 heavy (non-hydrogen) atoms. The first-order valence-electron chi connectivity index (χ1n) is 7.75. The molecular weight excluding hydrogens is 334 g/mol. The van der Waals surface area contributed by atoms with Crippen molar-refractivity contribution < 1.29 is 8.42 Å². The van der Waals surface area contributed by atoms with Gasteiger partial charge in [0.2, 0.25) is 0 Å². The predicted octanol–water partition coefficient (Wildman–Crippen LogP) is 3.30. The number of aromatic nitrogens is 1. The molecule has 0 amide bonds. The highest BCUT2D eigenvalue weighted by Crippen LogP contribution is 2.25. The molecule has 5 nitrogen and oxygen atoms in total. The van der Waals surface area contributed by atoms with Gasteiger partial charge in [-0.3, -0.25) is 0 Å². The Morgan fingerprint density at radius 2 is 1.80 bits per heavy atom. The molecule has 3 rings (SSSR count). The van der Waals surface area contributed by atoms with Crippen LogP contribution in [-0.4, -0.2) is 25.4 Å². The Morgan fingerprint density at radius 1 is 1.12 bits per heavy atom. The van der Waals surface area contributed by atoms with Gasteiger partial charge in [-0.2, -0.15) is 5.26 Å². The summed E-state index contributed by atoms with van der Waals surface area (Å²) < 4.78 is 23.7. The van der Waals surface area contributed by atoms with Crippen LogP contribution in [0.1, 0.15) is 17.2 Å². The van der Waals surface area contributed by atoms with Gasteiger partial charge < -0.3 is 5.32 Å². The van der Waals surface area contributed by atoms with Gasteiger partial charge in [0.05, 0.1) is 22.9 Å². The Labute approximate surface area is 146 Å². The number of anilines is 1. The van der Waals surface area contributed by atoms with Crippen LogP contribution in [0.2, 0.25) is 0 Å². The van der Waals surface area contributed by atoms with E-state index in [1.807, 2.05) is 54.6 Å². The number of nitrogens with zero attached hydrogens (tertiary/aromatic N) is 2. The molecular formula is C19H17N3O2S. The molecule has 126 valence electrons. The highest BCUT2D eigenvalue weighted by molar-refractivity contribution is 7.90. The zero-order valence-electron chi connectivity index (χ0n) is 13.7. The number of rotatable bonds is 5. The van der Waals surface area contributed by atoms with Crippen molar-refractivity contribution in [3.8, 4) is 6.07 Å². The van der Waals surface area contributed by atoms with Gasteiger partial charge in [-0.25, -0.2) is 13.4 Å². The van der Waals surface area contributed by atoms with E-state index in [1.165, 1.54) is 6.26 Å². The highest BCUT2D eigenvalue weighted by Gasteiger charge is 2.19. The molecule has 0 aliphatic rings.